The van der Waals surface area contributed by atoms with Crippen molar-refractivity contribution in [3.05, 3.63) is 59.9 Å². The molecule has 2 atom stereocenters. The van der Waals surface area contributed by atoms with Gasteiger partial charge in [-0.05, 0) is 24.6 Å². The summed E-state index contributed by atoms with van der Waals surface area (Å²) in [5.41, 5.74) is 2.01. The van der Waals surface area contributed by atoms with Crippen molar-refractivity contribution in [1.29, 1.82) is 0 Å². The van der Waals surface area contributed by atoms with Crippen LogP contribution in [0.3, 0.4) is 0 Å². The molecule has 0 bridgehead atoms. The van der Waals surface area contributed by atoms with E-state index in [9.17, 15) is 0 Å². The summed E-state index contributed by atoms with van der Waals surface area (Å²) in [4.78, 5) is 4.29. The Labute approximate surface area is 125 Å². The first kappa shape index (κ1) is 14.0. The molecule has 3 rings (SSSR count). The lowest BCUT2D eigenvalue weighted by atomic mass is 10.0. The Balaban J connectivity index is 1.87. The van der Waals surface area contributed by atoms with E-state index in [0.717, 1.165) is 30.1 Å². The summed E-state index contributed by atoms with van der Waals surface area (Å²) < 4.78 is 12.1. The Morgan fingerprint density at radius 2 is 2.10 bits per heavy atom. The molecule has 1 aliphatic heterocycles. The van der Waals surface area contributed by atoms with Crippen molar-refractivity contribution in [3.63, 3.8) is 0 Å². The van der Waals surface area contributed by atoms with Crippen molar-refractivity contribution in [2.75, 3.05) is 19.7 Å². The number of benzene rings is 1. The molecule has 1 aromatic heterocycles. The fourth-order valence-corrected chi connectivity index (χ4v) is 2.51. The number of rotatable bonds is 4. The summed E-state index contributed by atoms with van der Waals surface area (Å²) in [6.07, 6.45) is 1.64. The number of ether oxygens (including phenoxy) is 2. The number of morpholine rings is 1. The van der Waals surface area contributed by atoms with Crippen LogP contribution in [-0.4, -0.2) is 30.8 Å². The first-order valence-electron chi connectivity index (χ1n) is 7.30. The third kappa shape index (κ3) is 3.40. The lowest BCUT2D eigenvalue weighted by Crippen LogP contribution is -2.43. The number of nitrogens with zero attached hydrogens (tertiary/aromatic N) is 1. The summed E-state index contributed by atoms with van der Waals surface area (Å²) in [6.45, 7) is 4.35. The Morgan fingerprint density at radius 3 is 2.81 bits per heavy atom. The zero-order valence-electron chi connectivity index (χ0n) is 12.2. The van der Waals surface area contributed by atoms with Crippen LogP contribution in [0, 0.1) is 6.92 Å². The second-order valence-electron chi connectivity index (χ2n) is 5.15. The predicted octanol–water partition coefficient (Wildman–Crippen LogP) is 2.50. The lowest BCUT2D eigenvalue weighted by Gasteiger charge is -2.31. The predicted molar refractivity (Wildman–Crippen MR) is 81.4 cm³/mol. The number of pyridine rings is 1. The van der Waals surface area contributed by atoms with Gasteiger partial charge in [0.1, 0.15) is 11.9 Å². The minimum absolute atomic E-state index is 0.000700. The second kappa shape index (κ2) is 6.70. The van der Waals surface area contributed by atoms with Gasteiger partial charge in [-0.25, -0.2) is 0 Å². The van der Waals surface area contributed by atoms with Crippen molar-refractivity contribution < 1.29 is 9.47 Å². The highest BCUT2D eigenvalue weighted by atomic mass is 16.5. The van der Waals surface area contributed by atoms with E-state index in [1.807, 2.05) is 37.3 Å². The van der Waals surface area contributed by atoms with Gasteiger partial charge in [-0.15, -0.1) is 0 Å². The highest BCUT2D eigenvalue weighted by Gasteiger charge is 2.28. The van der Waals surface area contributed by atoms with Crippen molar-refractivity contribution in [2.45, 2.75) is 19.1 Å². The van der Waals surface area contributed by atoms with E-state index < -0.39 is 0 Å². The van der Waals surface area contributed by atoms with Gasteiger partial charge in [0.15, 0.2) is 6.10 Å². The zero-order valence-corrected chi connectivity index (χ0v) is 12.2. The molecule has 2 aromatic rings. The molecular weight excluding hydrogens is 264 g/mol. The average molecular weight is 284 g/mol. The summed E-state index contributed by atoms with van der Waals surface area (Å²) in [7, 11) is 0. The molecule has 1 saturated heterocycles. The number of hydrogen-bond acceptors (Lipinski definition) is 4. The number of aromatic nitrogens is 1. The van der Waals surface area contributed by atoms with Crippen LogP contribution in [0.25, 0.3) is 0 Å². The van der Waals surface area contributed by atoms with E-state index >= 15 is 0 Å². The standard InChI is InChI=1S/C17H20N2O2/c1-13-15(8-5-9-19-13)21-17(14-6-3-2-4-7-14)16-12-18-10-11-20-16/h2-9,16-18H,10-12H2,1H3/t16-,17?/m0/s1. The molecule has 0 aliphatic carbocycles. The normalized spacial score (nSPS) is 20.0. The summed E-state index contributed by atoms with van der Waals surface area (Å²) in [6, 6.07) is 14.1. The average Bonchev–Trinajstić information content (AvgIpc) is 2.56. The van der Waals surface area contributed by atoms with Crippen LogP contribution in [0.5, 0.6) is 5.75 Å². The van der Waals surface area contributed by atoms with Crippen LogP contribution >= 0.6 is 0 Å². The second-order valence-corrected chi connectivity index (χ2v) is 5.15. The molecule has 1 fully saturated rings. The minimum Gasteiger partial charge on any atom is -0.481 e. The number of nitrogens with one attached hydrogen (secondary N) is 1. The molecule has 0 spiro atoms. The van der Waals surface area contributed by atoms with Gasteiger partial charge in [-0.1, -0.05) is 30.3 Å². The van der Waals surface area contributed by atoms with Crippen molar-refractivity contribution in [3.8, 4) is 5.75 Å². The summed E-state index contributed by atoms with van der Waals surface area (Å²) in [5.74, 6) is 0.806. The molecule has 1 N–H and O–H groups in total. The van der Waals surface area contributed by atoms with Gasteiger partial charge in [0, 0.05) is 19.3 Å². The van der Waals surface area contributed by atoms with Gasteiger partial charge in [0.25, 0.3) is 0 Å². The van der Waals surface area contributed by atoms with E-state index in [2.05, 4.69) is 22.4 Å². The molecule has 2 heterocycles. The molecule has 1 aromatic carbocycles. The van der Waals surface area contributed by atoms with Crippen molar-refractivity contribution in [2.24, 2.45) is 0 Å². The molecule has 21 heavy (non-hydrogen) atoms. The maximum Gasteiger partial charge on any atom is 0.151 e. The van der Waals surface area contributed by atoms with Gasteiger partial charge < -0.3 is 14.8 Å². The molecule has 4 heteroatoms. The van der Waals surface area contributed by atoms with Crippen LogP contribution in [0.1, 0.15) is 17.4 Å². The van der Waals surface area contributed by atoms with Crippen LogP contribution in [0.4, 0.5) is 0 Å². The quantitative estimate of drug-likeness (QED) is 0.937. The van der Waals surface area contributed by atoms with Crippen molar-refractivity contribution >= 4 is 0 Å². The van der Waals surface area contributed by atoms with Crippen molar-refractivity contribution in [1.82, 2.24) is 10.3 Å². The maximum absolute atomic E-state index is 6.24. The van der Waals surface area contributed by atoms with Gasteiger partial charge in [0.05, 0.1) is 12.3 Å². The first-order valence-corrected chi connectivity index (χ1v) is 7.30. The van der Waals surface area contributed by atoms with Gasteiger partial charge >= 0.3 is 0 Å². The molecule has 1 unspecified atom stereocenters. The van der Waals surface area contributed by atoms with Crippen LogP contribution in [0.15, 0.2) is 48.7 Å². The Hall–Kier alpha value is -1.91. The Bertz CT molecular complexity index is 568. The molecule has 4 nitrogen and oxygen atoms in total. The van der Waals surface area contributed by atoms with Crippen LogP contribution in [0.2, 0.25) is 0 Å². The summed E-state index contributed by atoms with van der Waals surface area (Å²) >= 11 is 0. The highest BCUT2D eigenvalue weighted by molar-refractivity contribution is 5.28. The van der Waals surface area contributed by atoms with E-state index in [1.54, 1.807) is 6.20 Å². The molecule has 110 valence electrons. The van der Waals surface area contributed by atoms with E-state index in [-0.39, 0.29) is 12.2 Å². The maximum atomic E-state index is 6.24. The Morgan fingerprint density at radius 1 is 1.24 bits per heavy atom. The monoisotopic (exact) mass is 284 g/mol. The molecule has 0 amide bonds. The SMILES string of the molecule is Cc1ncccc1OC(c1ccccc1)[C@@H]1CNCCO1. The van der Waals surface area contributed by atoms with E-state index in [1.165, 1.54) is 0 Å². The highest BCUT2D eigenvalue weighted by Crippen LogP contribution is 2.28. The lowest BCUT2D eigenvalue weighted by molar-refractivity contribution is -0.0435. The van der Waals surface area contributed by atoms with Crippen LogP contribution in [-0.2, 0) is 4.74 Å². The fourth-order valence-electron chi connectivity index (χ4n) is 2.51. The van der Waals surface area contributed by atoms with E-state index in [0.29, 0.717) is 6.61 Å². The fraction of sp³-hybridized carbons (Fsp3) is 0.353. The zero-order chi connectivity index (χ0) is 14.5. The molecule has 0 radical (unpaired) electrons. The summed E-state index contributed by atoms with van der Waals surface area (Å²) in [5, 5.41) is 3.36. The van der Waals surface area contributed by atoms with Gasteiger partial charge in [0.2, 0.25) is 0 Å². The number of aryl methyl sites for hydroxylation is 1. The Kier molecular flexibility index (Phi) is 4.48. The number of hydrogen-bond donors (Lipinski definition) is 1. The van der Waals surface area contributed by atoms with Crippen LogP contribution < -0.4 is 10.1 Å². The molecule has 0 saturated carbocycles. The third-order valence-electron chi connectivity index (χ3n) is 3.63. The largest absolute Gasteiger partial charge is 0.481 e. The topological polar surface area (TPSA) is 43.4 Å². The van der Waals surface area contributed by atoms with E-state index in [4.69, 9.17) is 9.47 Å². The van der Waals surface area contributed by atoms with Gasteiger partial charge in [-0.2, -0.15) is 0 Å². The first-order chi connectivity index (χ1) is 10.3. The van der Waals surface area contributed by atoms with Gasteiger partial charge in [-0.3, -0.25) is 4.98 Å². The smallest absolute Gasteiger partial charge is 0.151 e. The molecule has 1 aliphatic rings. The third-order valence-corrected chi connectivity index (χ3v) is 3.63. The minimum atomic E-state index is -0.137. The molecular formula is C17H20N2O2.